The quantitative estimate of drug-likeness (QED) is 0.244. The number of benzene rings is 6. The van der Waals surface area contributed by atoms with Crippen LogP contribution in [0.5, 0.6) is 0 Å². The molecule has 0 aliphatic carbocycles. The van der Waals surface area contributed by atoms with E-state index in [1.165, 1.54) is 47.8 Å². The van der Waals surface area contributed by atoms with Gasteiger partial charge in [-0.05, 0) is 58.8 Å². The summed E-state index contributed by atoms with van der Waals surface area (Å²) >= 11 is 1.87. The molecule has 0 bridgehead atoms. The van der Waals surface area contributed by atoms with Gasteiger partial charge in [0.1, 0.15) is 0 Å². The average molecular weight is 478 g/mol. The summed E-state index contributed by atoms with van der Waals surface area (Å²) < 4.78 is 2.65. The molecule has 0 amide bonds. The van der Waals surface area contributed by atoms with Gasteiger partial charge in [0.2, 0.25) is 0 Å². The van der Waals surface area contributed by atoms with Crippen molar-refractivity contribution in [3.63, 3.8) is 0 Å². The summed E-state index contributed by atoms with van der Waals surface area (Å²) in [5.41, 5.74) is 5.94. The van der Waals surface area contributed by atoms with Crippen LogP contribution in [0.25, 0.3) is 42.1 Å². The van der Waals surface area contributed by atoms with Crippen LogP contribution in [-0.4, -0.2) is 0 Å². The van der Waals surface area contributed by atoms with E-state index >= 15 is 0 Å². The number of hydrogen-bond acceptors (Lipinski definition) is 2. The lowest BCUT2D eigenvalue weighted by molar-refractivity contribution is 1.29. The molecule has 0 fully saturated rings. The minimum Gasteiger partial charge on any atom is -0.310 e. The van der Waals surface area contributed by atoms with Crippen LogP contribution in [0.3, 0.4) is 0 Å². The third kappa shape index (κ3) is 3.46. The first-order chi connectivity index (χ1) is 17.9. The predicted molar refractivity (Wildman–Crippen MR) is 157 cm³/mol. The highest BCUT2D eigenvalue weighted by atomic mass is 32.1. The van der Waals surface area contributed by atoms with Crippen molar-refractivity contribution in [2.75, 3.05) is 4.90 Å². The molecule has 0 N–H and O–H groups in total. The Balaban J connectivity index is 1.54. The fourth-order valence-electron chi connectivity index (χ4n) is 5.21. The molecule has 0 saturated carbocycles. The lowest BCUT2D eigenvalue weighted by Crippen LogP contribution is -2.11. The fraction of sp³-hybridized carbons (Fsp3) is 0. The third-order valence-corrected chi connectivity index (χ3v) is 7.98. The van der Waals surface area contributed by atoms with Crippen LogP contribution in [0, 0.1) is 0 Å². The monoisotopic (exact) mass is 477 g/mol. The molecule has 0 aliphatic heterocycles. The summed E-state index contributed by atoms with van der Waals surface area (Å²) in [6.45, 7) is 0. The molecule has 0 saturated heterocycles. The Hall–Kier alpha value is -4.40. The minimum atomic E-state index is 1.14. The van der Waals surface area contributed by atoms with Crippen LogP contribution in [0.4, 0.5) is 17.1 Å². The summed E-state index contributed by atoms with van der Waals surface area (Å²) in [5, 5.41) is 5.16. The van der Waals surface area contributed by atoms with E-state index in [2.05, 4.69) is 144 Å². The van der Waals surface area contributed by atoms with Crippen molar-refractivity contribution < 1.29 is 0 Å². The van der Waals surface area contributed by atoms with Gasteiger partial charge in [-0.25, -0.2) is 0 Å². The van der Waals surface area contributed by atoms with E-state index in [4.69, 9.17) is 0 Å². The zero-order valence-electron chi connectivity index (χ0n) is 19.6. The van der Waals surface area contributed by atoms with Gasteiger partial charge in [-0.2, -0.15) is 0 Å². The zero-order chi connectivity index (χ0) is 23.9. The third-order valence-electron chi connectivity index (χ3n) is 6.84. The van der Waals surface area contributed by atoms with Gasteiger partial charge in [0.25, 0.3) is 0 Å². The Bertz CT molecular complexity index is 1790. The molecule has 170 valence electrons. The first kappa shape index (κ1) is 20.9. The largest absolute Gasteiger partial charge is 0.310 e. The number of para-hydroxylation sites is 2. The number of thiophene rings is 1. The predicted octanol–water partition coefficient (Wildman–Crippen LogP) is 10.3. The minimum absolute atomic E-state index is 1.14. The second kappa shape index (κ2) is 8.67. The summed E-state index contributed by atoms with van der Waals surface area (Å²) in [6.07, 6.45) is 0. The maximum atomic E-state index is 2.37. The van der Waals surface area contributed by atoms with E-state index in [0.29, 0.717) is 0 Å². The molecular weight excluding hydrogens is 454 g/mol. The van der Waals surface area contributed by atoms with Crippen molar-refractivity contribution >= 4 is 59.3 Å². The lowest BCUT2D eigenvalue weighted by atomic mass is 9.94. The highest BCUT2D eigenvalue weighted by Crippen LogP contribution is 2.45. The first-order valence-electron chi connectivity index (χ1n) is 12.2. The maximum Gasteiger partial charge on any atom is 0.0546 e. The first-order valence-corrected chi connectivity index (χ1v) is 13.0. The van der Waals surface area contributed by atoms with Gasteiger partial charge >= 0.3 is 0 Å². The van der Waals surface area contributed by atoms with Gasteiger partial charge < -0.3 is 4.90 Å². The Morgan fingerprint density at radius 2 is 1.06 bits per heavy atom. The van der Waals surface area contributed by atoms with E-state index in [0.717, 1.165) is 11.4 Å². The Labute approximate surface area is 214 Å². The van der Waals surface area contributed by atoms with E-state index < -0.39 is 0 Å². The topological polar surface area (TPSA) is 3.24 Å². The number of fused-ring (bicyclic) bond motifs is 4. The molecule has 0 unspecified atom stereocenters. The molecule has 0 atom stereocenters. The summed E-state index contributed by atoms with van der Waals surface area (Å²) in [6, 6.07) is 50.2. The zero-order valence-corrected chi connectivity index (χ0v) is 20.5. The molecule has 7 rings (SSSR count). The highest BCUT2D eigenvalue weighted by Gasteiger charge is 2.19. The second-order valence-corrected chi connectivity index (χ2v) is 10.1. The molecule has 36 heavy (non-hydrogen) atoms. The van der Waals surface area contributed by atoms with Crippen LogP contribution >= 0.6 is 11.3 Å². The van der Waals surface area contributed by atoms with Crippen LogP contribution in [0.1, 0.15) is 0 Å². The summed E-state index contributed by atoms with van der Waals surface area (Å²) in [7, 11) is 0. The fourth-order valence-corrected chi connectivity index (χ4v) is 6.36. The smallest absolute Gasteiger partial charge is 0.0546 e. The van der Waals surface area contributed by atoms with Crippen LogP contribution in [0.2, 0.25) is 0 Å². The number of rotatable bonds is 4. The molecule has 7 aromatic rings. The van der Waals surface area contributed by atoms with Crippen molar-refractivity contribution in [3.8, 4) is 11.1 Å². The molecule has 1 aromatic heterocycles. The van der Waals surface area contributed by atoms with E-state index in [9.17, 15) is 0 Å². The molecule has 1 nitrogen and oxygen atoms in total. The molecule has 1 heterocycles. The molecule has 6 aromatic carbocycles. The Kier molecular flexibility index (Phi) is 5.04. The van der Waals surface area contributed by atoms with Gasteiger partial charge in [0.15, 0.2) is 0 Å². The molecule has 0 spiro atoms. The molecule has 0 aliphatic rings. The lowest BCUT2D eigenvalue weighted by Gasteiger charge is -2.28. The Morgan fingerprint density at radius 1 is 0.444 bits per heavy atom. The highest BCUT2D eigenvalue weighted by molar-refractivity contribution is 7.25. The van der Waals surface area contributed by atoms with Crippen LogP contribution in [-0.2, 0) is 0 Å². The number of hydrogen-bond donors (Lipinski definition) is 0. The molecular formula is C34H23NS. The van der Waals surface area contributed by atoms with Crippen molar-refractivity contribution in [1.29, 1.82) is 0 Å². The SMILES string of the molecule is c1ccc(N(c2ccccc2)c2ccc3ccccc3c2-c2ccc3c(c2)sc2ccccc23)cc1. The second-order valence-electron chi connectivity index (χ2n) is 9.00. The molecule has 2 heteroatoms. The molecule has 0 radical (unpaired) electrons. The van der Waals surface area contributed by atoms with Crippen molar-refractivity contribution in [1.82, 2.24) is 0 Å². The van der Waals surface area contributed by atoms with Gasteiger partial charge in [-0.1, -0.05) is 97.1 Å². The van der Waals surface area contributed by atoms with Gasteiger partial charge in [-0.3, -0.25) is 0 Å². The normalized spacial score (nSPS) is 11.3. The van der Waals surface area contributed by atoms with E-state index in [1.807, 2.05) is 11.3 Å². The van der Waals surface area contributed by atoms with Gasteiger partial charge in [0, 0.05) is 37.1 Å². The van der Waals surface area contributed by atoms with Crippen LogP contribution < -0.4 is 4.90 Å². The number of anilines is 3. The van der Waals surface area contributed by atoms with Crippen LogP contribution in [0.15, 0.2) is 140 Å². The van der Waals surface area contributed by atoms with E-state index in [1.54, 1.807) is 0 Å². The summed E-state index contributed by atoms with van der Waals surface area (Å²) in [5.74, 6) is 0. The maximum absolute atomic E-state index is 2.37. The van der Waals surface area contributed by atoms with Gasteiger partial charge in [-0.15, -0.1) is 11.3 Å². The van der Waals surface area contributed by atoms with Crippen molar-refractivity contribution in [2.45, 2.75) is 0 Å². The Morgan fingerprint density at radius 3 is 1.81 bits per heavy atom. The number of nitrogens with zero attached hydrogens (tertiary/aromatic N) is 1. The van der Waals surface area contributed by atoms with Crippen molar-refractivity contribution in [2.24, 2.45) is 0 Å². The van der Waals surface area contributed by atoms with E-state index in [-0.39, 0.29) is 0 Å². The summed E-state index contributed by atoms with van der Waals surface area (Å²) in [4.78, 5) is 2.37. The van der Waals surface area contributed by atoms with Crippen molar-refractivity contribution in [3.05, 3.63) is 140 Å². The standard InChI is InChI=1S/C34H23NS/c1-3-12-26(13-4-1)35(27-14-5-2-6-15-27)31-22-20-24-11-7-8-16-28(24)34(31)25-19-21-30-29-17-9-10-18-32(29)36-33(30)23-25/h1-23H. The van der Waals surface area contributed by atoms with Gasteiger partial charge in [0.05, 0.1) is 5.69 Å². The average Bonchev–Trinajstić information content (AvgIpc) is 3.32.